The van der Waals surface area contributed by atoms with E-state index >= 15 is 0 Å². The molecule has 0 radical (unpaired) electrons. The molecule has 0 heterocycles. The van der Waals surface area contributed by atoms with Crippen LogP contribution in [0.25, 0.3) is 0 Å². The van der Waals surface area contributed by atoms with Crippen LogP contribution in [0.2, 0.25) is 15.1 Å². The number of carbonyl (C=O) groups is 2. The third-order valence-electron chi connectivity index (χ3n) is 4.94. The smallest absolute Gasteiger partial charge is 0.338 e. The lowest BCUT2D eigenvalue weighted by atomic mass is 10.1. The zero-order valence-electron chi connectivity index (χ0n) is 18.8. The molecule has 182 valence electrons. The fraction of sp³-hybridized carbons (Fsp3) is 0.160. The first-order chi connectivity index (χ1) is 16.7. The molecule has 0 aromatic heterocycles. The highest BCUT2D eigenvalue weighted by molar-refractivity contribution is 7.80. The summed E-state index contributed by atoms with van der Waals surface area (Å²) < 4.78 is 10.3. The summed E-state index contributed by atoms with van der Waals surface area (Å²) in [5.41, 5.74) is 1.81. The number of nitrogens with one attached hydrogen (secondary N) is 1. The highest BCUT2D eigenvalue weighted by Gasteiger charge is 2.21. The van der Waals surface area contributed by atoms with E-state index in [4.69, 9.17) is 56.5 Å². The topological polar surface area (TPSA) is 67.9 Å². The fourth-order valence-electron chi connectivity index (χ4n) is 3.20. The molecule has 35 heavy (non-hydrogen) atoms. The van der Waals surface area contributed by atoms with E-state index in [0.29, 0.717) is 37.6 Å². The second-order valence-corrected chi connectivity index (χ2v) is 8.80. The highest BCUT2D eigenvalue weighted by atomic mass is 35.5. The Kier molecular flexibility index (Phi) is 9.34. The van der Waals surface area contributed by atoms with E-state index in [0.717, 1.165) is 0 Å². The second-order valence-electron chi connectivity index (χ2n) is 7.16. The van der Waals surface area contributed by atoms with E-state index in [1.165, 1.54) is 13.2 Å². The molecule has 3 aromatic rings. The molecular formula is C25H21Cl3N2O4S. The molecule has 3 aromatic carbocycles. The summed E-state index contributed by atoms with van der Waals surface area (Å²) in [6.07, 6.45) is 0. The number of amides is 1. The predicted molar refractivity (Wildman–Crippen MR) is 143 cm³/mol. The Labute approximate surface area is 223 Å². The summed E-state index contributed by atoms with van der Waals surface area (Å²) in [6, 6.07) is 16.5. The van der Waals surface area contributed by atoms with Crippen molar-refractivity contribution >= 4 is 69.7 Å². The van der Waals surface area contributed by atoms with E-state index in [9.17, 15) is 9.59 Å². The van der Waals surface area contributed by atoms with Gasteiger partial charge in [-0.05, 0) is 73.7 Å². The number of ether oxygens (including phenoxy) is 2. The number of methoxy groups -OCH3 is 1. The molecule has 0 bridgehead atoms. The number of carbonyl (C=O) groups excluding carboxylic acids is 2. The number of hydrogen-bond acceptors (Lipinski definition) is 5. The van der Waals surface area contributed by atoms with E-state index < -0.39 is 11.9 Å². The van der Waals surface area contributed by atoms with Crippen LogP contribution >= 0.6 is 47.0 Å². The minimum absolute atomic E-state index is 0.0805. The molecule has 0 aliphatic heterocycles. The molecule has 0 aliphatic rings. The quantitative estimate of drug-likeness (QED) is 0.265. The summed E-state index contributed by atoms with van der Waals surface area (Å²) in [5, 5.41) is 4.05. The molecule has 0 spiro atoms. The Morgan fingerprint density at radius 1 is 1.00 bits per heavy atom. The third-order valence-corrected chi connectivity index (χ3v) is 6.21. The lowest BCUT2D eigenvalue weighted by Crippen LogP contribution is -2.42. The molecule has 6 nitrogen and oxygen atoms in total. The molecule has 0 saturated heterocycles. The van der Waals surface area contributed by atoms with Gasteiger partial charge in [0.05, 0.1) is 31.4 Å². The van der Waals surface area contributed by atoms with E-state index in [1.54, 1.807) is 66.4 Å². The van der Waals surface area contributed by atoms with Gasteiger partial charge in [-0.15, -0.1) is 0 Å². The average molecular weight is 552 g/mol. The van der Waals surface area contributed by atoms with E-state index in [2.05, 4.69) is 5.32 Å². The molecule has 1 N–H and O–H groups in total. The van der Waals surface area contributed by atoms with Crippen molar-refractivity contribution in [2.75, 3.05) is 18.6 Å². The first-order valence-electron chi connectivity index (χ1n) is 10.4. The van der Waals surface area contributed by atoms with Crippen LogP contribution in [0, 0.1) is 0 Å². The first kappa shape index (κ1) is 26.8. The van der Waals surface area contributed by atoms with Gasteiger partial charge in [0, 0.05) is 26.3 Å². The Hall–Kier alpha value is -2.84. The van der Waals surface area contributed by atoms with Gasteiger partial charge in [0.15, 0.2) is 5.11 Å². The van der Waals surface area contributed by atoms with Crippen molar-refractivity contribution in [3.05, 3.63) is 92.4 Å². The van der Waals surface area contributed by atoms with Crippen LogP contribution < -0.4 is 15.0 Å². The summed E-state index contributed by atoms with van der Waals surface area (Å²) in [7, 11) is 1.45. The summed E-state index contributed by atoms with van der Waals surface area (Å²) in [5.74, 6) is -0.606. The van der Waals surface area contributed by atoms with Crippen LogP contribution in [0.4, 0.5) is 5.69 Å². The van der Waals surface area contributed by atoms with Gasteiger partial charge < -0.3 is 14.4 Å². The van der Waals surface area contributed by atoms with E-state index in [-0.39, 0.29) is 23.8 Å². The predicted octanol–water partition coefficient (Wildman–Crippen LogP) is 6.55. The molecule has 0 unspecified atom stereocenters. The minimum atomic E-state index is -0.507. The lowest BCUT2D eigenvalue weighted by molar-refractivity contribution is 0.0526. The molecule has 0 atom stereocenters. The molecular weight excluding hydrogens is 531 g/mol. The first-order valence-corrected chi connectivity index (χ1v) is 12.0. The summed E-state index contributed by atoms with van der Waals surface area (Å²) in [4.78, 5) is 26.7. The number of nitrogens with zero attached hydrogens (tertiary/aromatic N) is 1. The van der Waals surface area contributed by atoms with Crippen LogP contribution in [0.1, 0.15) is 33.2 Å². The van der Waals surface area contributed by atoms with Gasteiger partial charge in [0.2, 0.25) is 0 Å². The van der Waals surface area contributed by atoms with Crippen molar-refractivity contribution in [2.24, 2.45) is 0 Å². The maximum atomic E-state index is 13.0. The molecule has 3 rings (SSSR count). The van der Waals surface area contributed by atoms with Crippen molar-refractivity contribution in [1.82, 2.24) is 5.32 Å². The number of esters is 1. The maximum absolute atomic E-state index is 13.0. The SMILES string of the molecule is CCOC(=O)c1ccc(N(Cc2c(Cl)cccc2Cl)C(=S)NC(=O)c2cc(Cl)ccc2OC)cc1. The average Bonchev–Trinajstić information content (AvgIpc) is 2.84. The minimum Gasteiger partial charge on any atom is -0.496 e. The number of anilines is 1. The lowest BCUT2D eigenvalue weighted by Gasteiger charge is -2.27. The number of thiocarbonyl (C=S) groups is 1. The van der Waals surface area contributed by atoms with Crippen molar-refractivity contribution in [2.45, 2.75) is 13.5 Å². The maximum Gasteiger partial charge on any atom is 0.338 e. The van der Waals surface area contributed by atoms with Gasteiger partial charge in [-0.25, -0.2) is 4.79 Å². The zero-order chi connectivity index (χ0) is 25.5. The van der Waals surface area contributed by atoms with E-state index in [1.807, 2.05) is 0 Å². The zero-order valence-corrected chi connectivity index (χ0v) is 21.9. The summed E-state index contributed by atoms with van der Waals surface area (Å²) in [6.45, 7) is 2.15. The number of rotatable bonds is 7. The largest absolute Gasteiger partial charge is 0.496 e. The van der Waals surface area contributed by atoms with Gasteiger partial charge >= 0.3 is 5.97 Å². The fourth-order valence-corrected chi connectivity index (χ4v) is 4.16. The van der Waals surface area contributed by atoms with Gasteiger partial charge in [0.25, 0.3) is 5.91 Å². The van der Waals surface area contributed by atoms with Crippen molar-refractivity contribution < 1.29 is 19.1 Å². The van der Waals surface area contributed by atoms with Crippen LogP contribution in [0.3, 0.4) is 0 Å². The Bertz CT molecular complexity index is 1230. The van der Waals surface area contributed by atoms with Crippen LogP contribution in [-0.4, -0.2) is 30.7 Å². The Morgan fingerprint density at radius 2 is 1.66 bits per heavy atom. The van der Waals surface area contributed by atoms with Crippen LogP contribution in [0.5, 0.6) is 5.75 Å². The van der Waals surface area contributed by atoms with Crippen LogP contribution in [-0.2, 0) is 11.3 Å². The second kappa shape index (κ2) is 12.2. The van der Waals surface area contributed by atoms with Gasteiger partial charge in [0.1, 0.15) is 5.75 Å². The Morgan fingerprint density at radius 3 is 2.26 bits per heavy atom. The summed E-state index contributed by atoms with van der Waals surface area (Å²) >= 11 is 24.5. The molecule has 10 heteroatoms. The monoisotopic (exact) mass is 550 g/mol. The third kappa shape index (κ3) is 6.64. The molecule has 0 aliphatic carbocycles. The standard InChI is InChI=1S/C25H21Cl3N2O4S/c1-3-34-24(32)15-7-10-17(11-8-15)30(14-19-20(27)5-4-6-21(19)28)25(35)29-23(31)18-13-16(26)9-12-22(18)33-2/h4-13H,3,14H2,1-2H3,(H,29,31,35). The highest BCUT2D eigenvalue weighted by Crippen LogP contribution is 2.29. The Balaban J connectivity index is 1.95. The molecule has 1 amide bonds. The van der Waals surface area contributed by atoms with Crippen molar-refractivity contribution in [1.29, 1.82) is 0 Å². The molecule has 0 fully saturated rings. The number of benzene rings is 3. The van der Waals surface area contributed by atoms with Gasteiger partial charge in [-0.3, -0.25) is 10.1 Å². The molecule has 0 saturated carbocycles. The normalized spacial score (nSPS) is 10.4. The van der Waals surface area contributed by atoms with Crippen LogP contribution in [0.15, 0.2) is 60.7 Å². The van der Waals surface area contributed by atoms with Crippen molar-refractivity contribution in [3.63, 3.8) is 0 Å². The number of hydrogen-bond donors (Lipinski definition) is 1. The van der Waals surface area contributed by atoms with Gasteiger partial charge in [-0.2, -0.15) is 0 Å². The number of halogens is 3. The van der Waals surface area contributed by atoms with Gasteiger partial charge in [-0.1, -0.05) is 40.9 Å². The van der Waals surface area contributed by atoms with Crippen molar-refractivity contribution in [3.8, 4) is 5.75 Å².